The predicted molar refractivity (Wildman–Crippen MR) is 69.7 cm³/mol. The highest BCUT2D eigenvalue weighted by molar-refractivity contribution is 5.10. The van der Waals surface area contributed by atoms with Crippen molar-refractivity contribution in [3.05, 3.63) is 0 Å². The highest BCUT2D eigenvalue weighted by Crippen LogP contribution is 2.60. The highest BCUT2D eigenvalue weighted by atomic mass is 19.4. The molecule has 1 atom stereocenters. The van der Waals surface area contributed by atoms with Gasteiger partial charge in [0.1, 0.15) is 0 Å². The van der Waals surface area contributed by atoms with E-state index in [9.17, 15) is 62.2 Å². The van der Waals surface area contributed by atoms with Gasteiger partial charge in [0.05, 0.1) is 31.3 Å². The van der Waals surface area contributed by atoms with Gasteiger partial charge >= 0.3 is 35.8 Å². The molecular formula is C13H15F13O4. The fourth-order valence-corrected chi connectivity index (χ4v) is 2.05. The van der Waals surface area contributed by atoms with Gasteiger partial charge in [-0.1, -0.05) is 0 Å². The van der Waals surface area contributed by atoms with Crippen molar-refractivity contribution in [1.82, 2.24) is 0 Å². The zero-order chi connectivity index (χ0) is 24.6. The van der Waals surface area contributed by atoms with Crippen LogP contribution in [0.4, 0.5) is 57.1 Å². The van der Waals surface area contributed by atoms with Crippen LogP contribution in [0.15, 0.2) is 0 Å². The smallest absolute Gasteiger partial charge is 0.396 e. The molecule has 0 amide bonds. The third-order valence-electron chi connectivity index (χ3n) is 4.38. The van der Waals surface area contributed by atoms with Crippen molar-refractivity contribution in [2.24, 2.45) is 5.41 Å². The molecule has 17 heteroatoms. The second-order valence-electron chi connectivity index (χ2n) is 6.39. The van der Waals surface area contributed by atoms with Gasteiger partial charge < -0.3 is 20.4 Å². The largest absolute Gasteiger partial charge is 0.460 e. The average molecular weight is 482 g/mol. The molecule has 0 saturated heterocycles. The molecule has 4 nitrogen and oxygen atoms in total. The van der Waals surface area contributed by atoms with Crippen LogP contribution in [0, 0.1) is 5.41 Å². The summed E-state index contributed by atoms with van der Waals surface area (Å²) in [5, 5.41) is 36.3. The van der Waals surface area contributed by atoms with Gasteiger partial charge in [0, 0.05) is 6.42 Å². The van der Waals surface area contributed by atoms with E-state index in [1.807, 2.05) is 0 Å². The van der Waals surface area contributed by atoms with Crippen LogP contribution >= 0.6 is 0 Å². The van der Waals surface area contributed by atoms with E-state index < -0.39 is 80.0 Å². The normalized spacial score (nSPS) is 16.7. The molecular weight excluding hydrogens is 467 g/mol. The lowest BCUT2D eigenvalue weighted by atomic mass is 9.81. The average Bonchev–Trinajstić information content (AvgIpc) is 2.60. The lowest BCUT2D eigenvalue weighted by molar-refractivity contribution is -0.440. The van der Waals surface area contributed by atoms with Crippen LogP contribution in [0.3, 0.4) is 0 Å². The maximum absolute atomic E-state index is 13.6. The second kappa shape index (κ2) is 8.46. The van der Waals surface area contributed by atoms with Gasteiger partial charge in [0.15, 0.2) is 0 Å². The molecule has 0 bridgehead atoms. The van der Waals surface area contributed by atoms with Gasteiger partial charge in [-0.05, 0) is 6.42 Å². The zero-order valence-corrected chi connectivity index (χ0v) is 14.3. The molecule has 182 valence electrons. The van der Waals surface area contributed by atoms with E-state index in [1.165, 1.54) is 0 Å². The van der Waals surface area contributed by atoms with Crippen molar-refractivity contribution in [3.63, 3.8) is 0 Å². The Morgan fingerprint density at radius 2 is 0.867 bits per heavy atom. The molecule has 1 unspecified atom stereocenters. The van der Waals surface area contributed by atoms with E-state index >= 15 is 0 Å². The Morgan fingerprint density at radius 3 is 1.17 bits per heavy atom. The van der Waals surface area contributed by atoms with Crippen LogP contribution < -0.4 is 0 Å². The number of hydrogen-bond donors (Lipinski definition) is 4. The molecule has 0 aliphatic rings. The highest BCUT2D eigenvalue weighted by Gasteiger charge is 2.90. The van der Waals surface area contributed by atoms with Crippen LogP contribution in [-0.2, 0) is 0 Å². The first-order valence-electron chi connectivity index (χ1n) is 7.52. The molecule has 0 rings (SSSR count). The summed E-state index contributed by atoms with van der Waals surface area (Å²) in [5.74, 6) is -37.7. The molecule has 4 N–H and O–H groups in total. The summed E-state index contributed by atoms with van der Waals surface area (Å²) in [5.41, 5.74) is -2.44. The standard InChI is InChI=1S/C13H15F13O4/c14-8(15,2-1-6(30)7(3-27,4-28)5-29)9(16,17)10(18,19)11(20,21)12(22,23)13(24,25)26/h6,27-30H,1-5H2. The monoisotopic (exact) mass is 482 g/mol. The summed E-state index contributed by atoms with van der Waals surface area (Å²) >= 11 is 0. The number of alkyl halides is 13. The number of hydrogen-bond acceptors (Lipinski definition) is 4. The molecule has 0 aromatic carbocycles. The quantitative estimate of drug-likeness (QED) is 0.342. The van der Waals surface area contributed by atoms with Gasteiger partial charge in [0.2, 0.25) is 0 Å². The molecule has 0 fully saturated rings. The first kappa shape index (κ1) is 28.9. The van der Waals surface area contributed by atoms with Gasteiger partial charge in [0.25, 0.3) is 0 Å². The van der Waals surface area contributed by atoms with Crippen LogP contribution in [0.5, 0.6) is 0 Å². The van der Waals surface area contributed by atoms with Gasteiger partial charge in [-0.2, -0.15) is 57.1 Å². The molecule has 0 aliphatic heterocycles. The van der Waals surface area contributed by atoms with E-state index in [0.717, 1.165) is 0 Å². The maximum atomic E-state index is 13.6. The Balaban J connectivity index is 5.98. The minimum Gasteiger partial charge on any atom is -0.396 e. The molecule has 0 aromatic rings. The maximum Gasteiger partial charge on any atom is 0.460 e. The minimum atomic E-state index is -8.02. The van der Waals surface area contributed by atoms with Crippen molar-refractivity contribution in [2.75, 3.05) is 19.8 Å². The van der Waals surface area contributed by atoms with Crippen LogP contribution in [-0.4, -0.2) is 82.1 Å². The molecule has 30 heavy (non-hydrogen) atoms. The lowest BCUT2D eigenvalue weighted by Crippen LogP contribution is -2.70. The Morgan fingerprint density at radius 1 is 0.533 bits per heavy atom. The fourth-order valence-electron chi connectivity index (χ4n) is 2.05. The van der Waals surface area contributed by atoms with E-state index in [4.69, 9.17) is 15.3 Å². The Kier molecular flexibility index (Phi) is 8.16. The zero-order valence-electron chi connectivity index (χ0n) is 14.3. The van der Waals surface area contributed by atoms with E-state index in [1.54, 1.807) is 0 Å². The number of aliphatic hydroxyl groups is 4. The molecule has 0 heterocycles. The third kappa shape index (κ3) is 4.29. The van der Waals surface area contributed by atoms with Crippen molar-refractivity contribution in [3.8, 4) is 0 Å². The topological polar surface area (TPSA) is 80.9 Å². The van der Waals surface area contributed by atoms with Crippen molar-refractivity contribution < 1.29 is 77.5 Å². The first-order chi connectivity index (χ1) is 13.1. The summed E-state index contributed by atoms with van der Waals surface area (Å²) in [7, 11) is 0. The SMILES string of the molecule is OCC(CO)(CO)C(O)CCC(F)(F)C(F)(F)C(F)(F)C(F)(F)C(F)(F)C(F)(F)F. The van der Waals surface area contributed by atoms with Gasteiger partial charge in [-0.3, -0.25) is 0 Å². The molecule has 0 saturated carbocycles. The Labute approximate surface area is 158 Å². The second-order valence-corrected chi connectivity index (χ2v) is 6.39. The Hall–Kier alpha value is -1.07. The van der Waals surface area contributed by atoms with Gasteiger partial charge in [-0.25, -0.2) is 0 Å². The van der Waals surface area contributed by atoms with E-state index in [2.05, 4.69) is 0 Å². The summed E-state index contributed by atoms with van der Waals surface area (Å²) in [6, 6.07) is 0. The summed E-state index contributed by atoms with van der Waals surface area (Å²) < 4.78 is 168. The van der Waals surface area contributed by atoms with Gasteiger partial charge in [-0.15, -0.1) is 0 Å². The number of halogens is 13. The van der Waals surface area contributed by atoms with E-state index in [0.29, 0.717) is 0 Å². The predicted octanol–water partition coefficient (Wildman–Crippen LogP) is 2.83. The first-order valence-corrected chi connectivity index (χ1v) is 7.52. The van der Waals surface area contributed by atoms with Crippen molar-refractivity contribution >= 4 is 0 Å². The van der Waals surface area contributed by atoms with E-state index in [-0.39, 0.29) is 0 Å². The van der Waals surface area contributed by atoms with Crippen molar-refractivity contribution in [2.45, 2.75) is 54.7 Å². The van der Waals surface area contributed by atoms with Crippen LogP contribution in [0.25, 0.3) is 0 Å². The lowest BCUT2D eigenvalue weighted by Gasteiger charge is -2.40. The molecule has 0 aromatic heterocycles. The van der Waals surface area contributed by atoms with Crippen LogP contribution in [0.2, 0.25) is 0 Å². The van der Waals surface area contributed by atoms with Crippen LogP contribution in [0.1, 0.15) is 12.8 Å². The summed E-state index contributed by atoms with van der Waals surface area (Å²) in [6.07, 6.45) is -14.6. The number of rotatable bonds is 11. The fraction of sp³-hybridized carbons (Fsp3) is 1.00. The number of aliphatic hydroxyl groups excluding tert-OH is 4. The molecule has 0 spiro atoms. The third-order valence-corrected chi connectivity index (χ3v) is 4.38. The molecule has 0 aliphatic carbocycles. The minimum absolute atomic E-state index is 1.37. The molecule has 0 radical (unpaired) electrons. The summed E-state index contributed by atoms with van der Waals surface area (Å²) in [4.78, 5) is 0. The summed E-state index contributed by atoms with van der Waals surface area (Å²) in [6.45, 7) is -4.10. The Bertz CT molecular complexity index is 564. The van der Waals surface area contributed by atoms with Crippen molar-refractivity contribution in [1.29, 1.82) is 0 Å².